The molecule has 0 atom stereocenters. The largest absolute Gasteiger partial charge is 0.495 e. The van der Waals surface area contributed by atoms with Gasteiger partial charge in [0.1, 0.15) is 17.9 Å². The van der Waals surface area contributed by atoms with Gasteiger partial charge < -0.3 is 24.8 Å². The monoisotopic (exact) mass is 462 g/mol. The summed E-state index contributed by atoms with van der Waals surface area (Å²) in [5.41, 5.74) is 1.35. The van der Waals surface area contributed by atoms with Crippen molar-refractivity contribution in [3.63, 3.8) is 0 Å². The van der Waals surface area contributed by atoms with Gasteiger partial charge >= 0.3 is 0 Å². The van der Waals surface area contributed by atoms with Crippen LogP contribution in [0, 0.1) is 5.92 Å². The van der Waals surface area contributed by atoms with E-state index in [1.165, 1.54) is 6.33 Å². The first kappa shape index (κ1) is 21.7. The quantitative estimate of drug-likeness (QED) is 0.506. The molecule has 31 heavy (non-hydrogen) atoms. The molecule has 1 aliphatic heterocycles. The fourth-order valence-electron chi connectivity index (χ4n) is 3.60. The minimum atomic E-state index is 0.433. The standard InChI is InChI=1S/C22H24Cl2N4O3/c1-29-19-10-18(15(23)8-16(19)24)28-22-14-7-20(30-2)21(9-17(14)26-12-27-22)31-11-13-3-5-25-6-4-13/h7-10,12-13,25H,3-6,11H2,1-2H3,(H,26,27,28). The molecule has 3 aromatic rings. The minimum Gasteiger partial charge on any atom is -0.495 e. The first-order valence-corrected chi connectivity index (χ1v) is 10.8. The third kappa shape index (κ3) is 4.89. The zero-order valence-electron chi connectivity index (χ0n) is 17.4. The summed E-state index contributed by atoms with van der Waals surface area (Å²) in [6.45, 7) is 2.71. The lowest BCUT2D eigenvalue weighted by molar-refractivity contribution is 0.208. The van der Waals surface area contributed by atoms with E-state index in [-0.39, 0.29) is 0 Å². The molecular weight excluding hydrogens is 439 g/mol. The second-order valence-electron chi connectivity index (χ2n) is 7.34. The third-order valence-corrected chi connectivity index (χ3v) is 5.96. The predicted octanol–water partition coefficient (Wildman–Crippen LogP) is 5.08. The highest BCUT2D eigenvalue weighted by Crippen LogP contribution is 2.38. The summed E-state index contributed by atoms with van der Waals surface area (Å²) in [4.78, 5) is 8.80. The smallest absolute Gasteiger partial charge is 0.163 e. The number of halogens is 2. The second kappa shape index (κ2) is 9.77. The number of hydrogen-bond acceptors (Lipinski definition) is 7. The van der Waals surface area contributed by atoms with Crippen molar-refractivity contribution in [1.29, 1.82) is 0 Å². The van der Waals surface area contributed by atoms with Gasteiger partial charge in [0, 0.05) is 17.5 Å². The molecule has 4 rings (SSSR count). The van der Waals surface area contributed by atoms with Crippen molar-refractivity contribution in [2.75, 3.05) is 39.2 Å². The van der Waals surface area contributed by atoms with Crippen LogP contribution in [0.4, 0.5) is 11.5 Å². The normalized spacial score (nSPS) is 14.5. The van der Waals surface area contributed by atoms with E-state index in [0.717, 1.165) is 36.8 Å². The number of piperidine rings is 1. The number of hydrogen-bond donors (Lipinski definition) is 2. The van der Waals surface area contributed by atoms with Crippen LogP contribution in [0.25, 0.3) is 10.9 Å². The molecule has 2 heterocycles. The molecule has 2 aromatic carbocycles. The van der Waals surface area contributed by atoms with Crippen LogP contribution >= 0.6 is 23.2 Å². The Hall–Kier alpha value is -2.48. The first-order valence-electron chi connectivity index (χ1n) is 10.1. The highest BCUT2D eigenvalue weighted by atomic mass is 35.5. The van der Waals surface area contributed by atoms with Crippen LogP contribution in [0.2, 0.25) is 10.0 Å². The van der Waals surface area contributed by atoms with Gasteiger partial charge in [0.05, 0.1) is 42.1 Å². The molecule has 0 saturated carbocycles. The Bertz CT molecular complexity index is 1070. The Morgan fingerprint density at radius 3 is 2.48 bits per heavy atom. The van der Waals surface area contributed by atoms with E-state index in [1.807, 2.05) is 12.1 Å². The molecule has 0 amide bonds. The molecule has 2 N–H and O–H groups in total. The average molecular weight is 463 g/mol. The van der Waals surface area contributed by atoms with E-state index in [2.05, 4.69) is 20.6 Å². The Labute approximate surface area is 191 Å². The van der Waals surface area contributed by atoms with Crippen LogP contribution in [-0.4, -0.2) is 43.9 Å². The highest BCUT2D eigenvalue weighted by molar-refractivity contribution is 6.37. The van der Waals surface area contributed by atoms with Gasteiger partial charge in [-0.25, -0.2) is 9.97 Å². The molecule has 0 unspecified atom stereocenters. The highest BCUT2D eigenvalue weighted by Gasteiger charge is 2.17. The molecule has 1 aliphatic rings. The molecule has 1 fully saturated rings. The van der Waals surface area contributed by atoms with E-state index in [9.17, 15) is 0 Å². The van der Waals surface area contributed by atoms with Gasteiger partial charge in [0.2, 0.25) is 0 Å². The van der Waals surface area contributed by atoms with Crippen LogP contribution in [0.3, 0.4) is 0 Å². The second-order valence-corrected chi connectivity index (χ2v) is 8.15. The topological polar surface area (TPSA) is 77.5 Å². The number of nitrogens with zero attached hydrogens (tertiary/aromatic N) is 2. The van der Waals surface area contributed by atoms with E-state index < -0.39 is 0 Å². The summed E-state index contributed by atoms with van der Waals surface area (Å²) in [5.74, 6) is 2.92. The van der Waals surface area contributed by atoms with E-state index in [0.29, 0.717) is 51.3 Å². The van der Waals surface area contributed by atoms with Gasteiger partial charge in [-0.15, -0.1) is 0 Å². The Morgan fingerprint density at radius 2 is 1.74 bits per heavy atom. The van der Waals surface area contributed by atoms with Crippen LogP contribution < -0.4 is 24.8 Å². The fourth-order valence-corrected chi connectivity index (χ4v) is 4.11. The molecule has 9 heteroatoms. The number of anilines is 2. The summed E-state index contributed by atoms with van der Waals surface area (Å²) in [6, 6.07) is 7.11. The summed E-state index contributed by atoms with van der Waals surface area (Å²) >= 11 is 12.5. The van der Waals surface area contributed by atoms with Crippen LogP contribution in [-0.2, 0) is 0 Å². The Balaban J connectivity index is 1.63. The van der Waals surface area contributed by atoms with Gasteiger partial charge in [-0.3, -0.25) is 0 Å². The molecule has 1 saturated heterocycles. The number of nitrogens with one attached hydrogen (secondary N) is 2. The Kier molecular flexibility index (Phi) is 6.85. The van der Waals surface area contributed by atoms with Gasteiger partial charge in [0.15, 0.2) is 11.5 Å². The number of methoxy groups -OCH3 is 2. The van der Waals surface area contributed by atoms with Crippen LogP contribution in [0.15, 0.2) is 30.6 Å². The SMILES string of the molecule is COc1cc(Nc2ncnc3cc(OCC4CCNCC4)c(OC)cc23)c(Cl)cc1Cl. The van der Waals surface area contributed by atoms with E-state index in [1.54, 1.807) is 26.4 Å². The summed E-state index contributed by atoms with van der Waals surface area (Å²) in [7, 11) is 3.17. The third-order valence-electron chi connectivity index (χ3n) is 5.35. The molecule has 0 radical (unpaired) electrons. The molecule has 1 aromatic heterocycles. The minimum absolute atomic E-state index is 0.433. The molecular formula is C22H24Cl2N4O3. The van der Waals surface area contributed by atoms with Crippen molar-refractivity contribution >= 4 is 45.6 Å². The van der Waals surface area contributed by atoms with Crippen LogP contribution in [0.1, 0.15) is 12.8 Å². The van der Waals surface area contributed by atoms with E-state index >= 15 is 0 Å². The van der Waals surface area contributed by atoms with Crippen molar-refractivity contribution in [1.82, 2.24) is 15.3 Å². The van der Waals surface area contributed by atoms with Crippen LogP contribution in [0.5, 0.6) is 17.2 Å². The summed E-state index contributed by atoms with van der Waals surface area (Å²) in [6.07, 6.45) is 3.71. The summed E-state index contributed by atoms with van der Waals surface area (Å²) < 4.78 is 17.0. The molecule has 164 valence electrons. The van der Waals surface area contributed by atoms with Gasteiger partial charge in [-0.1, -0.05) is 23.2 Å². The van der Waals surface area contributed by atoms with Gasteiger partial charge in [-0.05, 0) is 44.0 Å². The molecule has 0 spiro atoms. The number of fused-ring (bicyclic) bond motifs is 1. The number of aromatic nitrogens is 2. The lowest BCUT2D eigenvalue weighted by atomic mass is 9.99. The predicted molar refractivity (Wildman–Crippen MR) is 123 cm³/mol. The number of rotatable bonds is 7. The van der Waals surface area contributed by atoms with E-state index in [4.69, 9.17) is 37.4 Å². The van der Waals surface area contributed by atoms with Crippen molar-refractivity contribution in [3.05, 3.63) is 40.6 Å². The van der Waals surface area contributed by atoms with Gasteiger partial charge in [0.25, 0.3) is 0 Å². The lowest BCUT2D eigenvalue weighted by Gasteiger charge is -2.23. The first-order chi connectivity index (χ1) is 15.1. The Morgan fingerprint density at radius 1 is 0.968 bits per heavy atom. The molecule has 0 aliphatic carbocycles. The lowest BCUT2D eigenvalue weighted by Crippen LogP contribution is -2.30. The number of ether oxygens (including phenoxy) is 3. The maximum atomic E-state index is 6.36. The van der Waals surface area contributed by atoms with Gasteiger partial charge in [-0.2, -0.15) is 0 Å². The zero-order chi connectivity index (χ0) is 21.8. The number of benzene rings is 2. The zero-order valence-corrected chi connectivity index (χ0v) is 18.9. The van der Waals surface area contributed by atoms with Crippen molar-refractivity contribution < 1.29 is 14.2 Å². The van der Waals surface area contributed by atoms with Crippen molar-refractivity contribution in [2.24, 2.45) is 5.92 Å². The van der Waals surface area contributed by atoms with Crippen molar-refractivity contribution in [2.45, 2.75) is 12.8 Å². The fraction of sp³-hybridized carbons (Fsp3) is 0.364. The maximum Gasteiger partial charge on any atom is 0.163 e. The maximum absolute atomic E-state index is 6.36. The summed E-state index contributed by atoms with van der Waals surface area (Å²) in [5, 5.41) is 8.28. The van der Waals surface area contributed by atoms with Crippen molar-refractivity contribution in [3.8, 4) is 17.2 Å². The molecule has 7 nitrogen and oxygen atoms in total. The average Bonchev–Trinajstić information content (AvgIpc) is 2.79. The molecule has 0 bridgehead atoms.